The number of carbonyl (C=O) groups excluding carboxylic acids is 2. The van der Waals surface area contributed by atoms with Gasteiger partial charge in [0.2, 0.25) is 0 Å². The van der Waals surface area contributed by atoms with Crippen LogP contribution in [-0.2, 0) is 4.79 Å². The van der Waals surface area contributed by atoms with Gasteiger partial charge in [-0.1, -0.05) is 22.0 Å². The van der Waals surface area contributed by atoms with E-state index >= 15 is 0 Å². The molecule has 0 spiro atoms. The number of halogens is 1. The fraction of sp³-hybridized carbons (Fsp3) is 0.429. The molecule has 3 amide bonds. The number of urea groups is 1. The quantitative estimate of drug-likeness (QED) is 0.791. The molecule has 3 rings (SSSR count). The number of carbonyl (C=O) groups is 2. The van der Waals surface area contributed by atoms with E-state index in [-0.39, 0.29) is 18.0 Å². The molecule has 0 bridgehead atoms. The van der Waals surface area contributed by atoms with Crippen LogP contribution in [0.4, 0.5) is 4.79 Å². The monoisotopic (exact) mass is 338 g/mol. The summed E-state index contributed by atoms with van der Waals surface area (Å²) in [4.78, 5) is 27.1. The van der Waals surface area contributed by atoms with Gasteiger partial charge in [-0.05, 0) is 31.0 Å². The SMILES string of the molecule is O=C1C2CCCN2C(=O)N1CCOc1cccc(Br)c1. The molecular weight excluding hydrogens is 324 g/mol. The lowest BCUT2D eigenvalue weighted by Gasteiger charge is -2.15. The Kier molecular flexibility index (Phi) is 3.65. The summed E-state index contributed by atoms with van der Waals surface area (Å²) >= 11 is 3.37. The van der Waals surface area contributed by atoms with Gasteiger partial charge in [-0.25, -0.2) is 4.79 Å². The number of imide groups is 1. The van der Waals surface area contributed by atoms with Crippen LogP contribution in [0, 0.1) is 0 Å². The molecule has 5 nitrogen and oxygen atoms in total. The smallest absolute Gasteiger partial charge is 0.327 e. The van der Waals surface area contributed by atoms with Crippen LogP contribution in [0.1, 0.15) is 12.8 Å². The highest BCUT2D eigenvalue weighted by Crippen LogP contribution is 2.27. The van der Waals surface area contributed by atoms with Crippen molar-refractivity contribution in [2.24, 2.45) is 0 Å². The molecule has 20 heavy (non-hydrogen) atoms. The second-order valence-electron chi connectivity index (χ2n) is 4.93. The van der Waals surface area contributed by atoms with Gasteiger partial charge in [0, 0.05) is 11.0 Å². The molecule has 1 aromatic carbocycles. The number of amides is 3. The van der Waals surface area contributed by atoms with Gasteiger partial charge in [-0.15, -0.1) is 0 Å². The van der Waals surface area contributed by atoms with Crippen molar-refractivity contribution in [2.45, 2.75) is 18.9 Å². The first-order chi connectivity index (χ1) is 9.66. The van der Waals surface area contributed by atoms with Crippen LogP contribution in [-0.4, -0.2) is 47.5 Å². The minimum absolute atomic E-state index is 0.0784. The van der Waals surface area contributed by atoms with E-state index < -0.39 is 0 Å². The third-order valence-electron chi connectivity index (χ3n) is 3.66. The van der Waals surface area contributed by atoms with Crippen LogP contribution < -0.4 is 4.74 Å². The topological polar surface area (TPSA) is 49.9 Å². The normalized spacial score (nSPS) is 21.6. The van der Waals surface area contributed by atoms with E-state index in [1.165, 1.54) is 4.90 Å². The van der Waals surface area contributed by atoms with E-state index in [9.17, 15) is 9.59 Å². The summed E-state index contributed by atoms with van der Waals surface area (Å²) in [5.41, 5.74) is 0. The molecule has 2 saturated heterocycles. The van der Waals surface area contributed by atoms with E-state index in [2.05, 4.69) is 15.9 Å². The van der Waals surface area contributed by atoms with Gasteiger partial charge in [-0.2, -0.15) is 0 Å². The number of hydrogen-bond acceptors (Lipinski definition) is 3. The molecule has 106 valence electrons. The Bertz CT molecular complexity index is 527. The Morgan fingerprint density at radius 2 is 2.20 bits per heavy atom. The van der Waals surface area contributed by atoms with Gasteiger partial charge < -0.3 is 9.64 Å². The lowest BCUT2D eigenvalue weighted by molar-refractivity contribution is -0.128. The number of ether oxygens (including phenoxy) is 1. The number of benzene rings is 1. The predicted molar refractivity (Wildman–Crippen MR) is 76.5 cm³/mol. The third-order valence-corrected chi connectivity index (χ3v) is 4.15. The van der Waals surface area contributed by atoms with Crippen LogP contribution in [0.2, 0.25) is 0 Å². The first-order valence-electron chi connectivity index (χ1n) is 6.67. The maximum atomic E-state index is 12.1. The van der Waals surface area contributed by atoms with E-state index in [1.807, 2.05) is 24.3 Å². The minimum atomic E-state index is -0.228. The molecule has 6 heteroatoms. The van der Waals surface area contributed by atoms with Crippen molar-refractivity contribution in [2.75, 3.05) is 19.7 Å². The zero-order chi connectivity index (χ0) is 14.1. The number of nitrogens with zero attached hydrogens (tertiary/aromatic N) is 2. The fourth-order valence-corrected chi connectivity index (χ4v) is 3.08. The van der Waals surface area contributed by atoms with Crippen molar-refractivity contribution in [1.29, 1.82) is 0 Å². The fourth-order valence-electron chi connectivity index (χ4n) is 2.70. The number of fused-ring (bicyclic) bond motifs is 1. The second-order valence-corrected chi connectivity index (χ2v) is 5.85. The highest BCUT2D eigenvalue weighted by molar-refractivity contribution is 9.10. The molecule has 1 unspecified atom stereocenters. The van der Waals surface area contributed by atoms with Crippen LogP contribution >= 0.6 is 15.9 Å². The molecule has 2 aliphatic heterocycles. The van der Waals surface area contributed by atoms with Crippen molar-refractivity contribution in [3.05, 3.63) is 28.7 Å². The predicted octanol–water partition coefficient (Wildman–Crippen LogP) is 2.25. The van der Waals surface area contributed by atoms with Crippen molar-refractivity contribution in [3.8, 4) is 5.75 Å². The maximum absolute atomic E-state index is 12.1. The average molecular weight is 339 g/mol. The zero-order valence-corrected chi connectivity index (χ0v) is 12.5. The van der Waals surface area contributed by atoms with Crippen LogP contribution in [0.3, 0.4) is 0 Å². The largest absolute Gasteiger partial charge is 0.492 e. The van der Waals surface area contributed by atoms with Crippen molar-refractivity contribution >= 4 is 27.9 Å². The summed E-state index contributed by atoms with van der Waals surface area (Å²) < 4.78 is 6.51. The third kappa shape index (κ3) is 2.40. The Labute approximate surface area is 125 Å². The summed E-state index contributed by atoms with van der Waals surface area (Å²) in [6, 6.07) is 7.09. The van der Waals surface area contributed by atoms with Crippen molar-refractivity contribution in [1.82, 2.24) is 9.80 Å². The number of rotatable bonds is 4. The van der Waals surface area contributed by atoms with E-state index in [4.69, 9.17) is 4.74 Å². The zero-order valence-electron chi connectivity index (χ0n) is 10.9. The molecule has 0 aliphatic carbocycles. The van der Waals surface area contributed by atoms with E-state index in [0.717, 1.165) is 23.1 Å². The molecular formula is C14H15BrN2O3. The summed E-state index contributed by atoms with van der Waals surface area (Å²) in [6.45, 7) is 1.31. The Morgan fingerprint density at radius 1 is 1.35 bits per heavy atom. The molecule has 1 aromatic rings. The molecule has 0 N–H and O–H groups in total. The molecule has 0 saturated carbocycles. The second kappa shape index (κ2) is 5.44. The van der Waals surface area contributed by atoms with Crippen LogP contribution in [0.5, 0.6) is 5.75 Å². The Balaban J connectivity index is 1.56. The molecule has 0 aromatic heterocycles. The number of hydrogen-bond donors (Lipinski definition) is 0. The lowest BCUT2D eigenvalue weighted by atomic mass is 10.2. The minimum Gasteiger partial charge on any atom is -0.492 e. The lowest BCUT2D eigenvalue weighted by Crippen LogP contribution is -2.36. The summed E-state index contributed by atoms with van der Waals surface area (Å²) in [5, 5.41) is 0. The van der Waals surface area contributed by atoms with Gasteiger partial charge >= 0.3 is 6.03 Å². The van der Waals surface area contributed by atoms with Crippen LogP contribution in [0.25, 0.3) is 0 Å². The van der Waals surface area contributed by atoms with E-state index in [0.29, 0.717) is 19.7 Å². The van der Waals surface area contributed by atoms with Gasteiger partial charge in [-0.3, -0.25) is 9.69 Å². The van der Waals surface area contributed by atoms with Gasteiger partial charge in [0.05, 0.1) is 6.54 Å². The highest BCUT2D eigenvalue weighted by Gasteiger charge is 2.46. The Hall–Kier alpha value is -1.56. The first-order valence-corrected chi connectivity index (χ1v) is 7.46. The maximum Gasteiger partial charge on any atom is 0.327 e. The van der Waals surface area contributed by atoms with Crippen molar-refractivity contribution in [3.63, 3.8) is 0 Å². The summed E-state index contributed by atoms with van der Waals surface area (Å²) in [7, 11) is 0. The molecule has 2 aliphatic rings. The van der Waals surface area contributed by atoms with Gasteiger partial charge in [0.25, 0.3) is 5.91 Å². The highest BCUT2D eigenvalue weighted by atomic mass is 79.9. The molecule has 0 radical (unpaired) electrons. The van der Waals surface area contributed by atoms with Gasteiger partial charge in [0.15, 0.2) is 0 Å². The van der Waals surface area contributed by atoms with E-state index in [1.54, 1.807) is 4.90 Å². The first kappa shape index (κ1) is 13.4. The average Bonchev–Trinajstić information content (AvgIpc) is 2.98. The van der Waals surface area contributed by atoms with Crippen LogP contribution in [0.15, 0.2) is 28.7 Å². The molecule has 2 heterocycles. The molecule has 1 atom stereocenters. The molecule has 2 fully saturated rings. The Morgan fingerprint density at radius 3 is 2.95 bits per heavy atom. The van der Waals surface area contributed by atoms with Crippen molar-refractivity contribution < 1.29 is 14.3 Å². The van der Waals surface area contributed by atoms with Gasteiger partial charge in [0.1, 0.15) is 18.4 Å². The summed E-state index contributed by atoms with van der Waals surface area (Å²) in [5.74, 6) is 0.643. The summed E-state index contributed by atoms with van der Waals surface area (Å²) in [6.07, 6.45) is 1.71. The standard InChI is InChI=1S/C14H15BrN2O3/c15-10-3-1-4-11(9-10)20-8-7-17-13(18)12-5-2-6-16(12)14(17)19/h1,3-4,9,12H,2,5-8H2.